The maximum Gasteiger partial charge on any atom is 0.260 e. The Labute approximate surface area is 156 Å². The number of thiazole rings is 1. The number of pyridine rings is 1. The summed E-state index contributed by atoms with van der Waals surface area (Å²) < 4.78 is 10.7. The molecule has 2 aromatic heterocycles. The fourth-order valence-electron chi connectivity index (χ4n) is 2.54. The van der Waals surface area contributed by atoms with Gasteiger partial charge in [0, 0.05) is 35.4 Å². The molecule has 0 N–H and O–H groups in total. The molecular formula is C19H19N3O3S. The van der Waals surface area contributed by atoms with Gasteiger partial charge >= 0.3 is 0 Å². The number of ether oxygens (including phenoxy) is 2. The van der Waals surface area contributed by atoms with Gasteiger partial charge in [0.2, 0.25) is 0 Å². The lowest BCUT2D eigenvalue weighted by Gasteiger charge is -2.17. The van der Waals surface area contributed by atoms with Crippen molar-refractivity contribution in [1.82, 2.24) is 9.97 Å². The number of hydrogen-bond donors (Lipinski definition) is 0. The third kappa shape index (κ3) is 3.52. The van der Waals surface area contributed by atoms with E-state index in [0.717, 1.165) is 17.0 Å². The van der Waals surface area contributed by atoms with E-state index in [9.17, 15) is 4.79 Å². The van der Waals surface area contributed by atoms with Crippen LogP contribution in [0.4, 0.5) is 5.13 Å². The van der Waals surface area contributed by atoms with Crippen LogP contribution < -0.4 is 14.4 Å². The standard InChI is InChI=1S/C19H19N3O3S/c1-4-22(18(23)13-7-9-20-10-8-13)19-21-16(12-26-19)15-11-14(24-2)5-6-17(15)25-3/h5-12H,4H2,1-3H3. The van der Waals surface area contributed by atoms with Gasteiger partial charge in [-0.2, -0.15) is 0 Å². The summed E-state index contributed by atoms with van der Waals surface area (Å²) in [5, 5.41) is 2.55. The van der Waals surface area contributed by atoms with Crippen LogP contribution in [0.3, 0.4) is 0 Å². The third-order valence-electron chi connectivity index (χ3n) is 3.89. The predicted octanol–water partition coefficient (Wildman–Crippen LogP) is 3.89. The quantitative estimate of drug-likeness (QED) is 0.660. The predicted molar refractivity (Wildman–Crippen MR) is 102 cm³/mol. The number of carbonyl (C=O) groups is 1. The molecule has 0 unspecified atom stereocenters. The van der Waals surface area contributed by atoms with Crippen LogP contribution in [0.2, 0.25) is 0 Å². The summed E-state index contributed by atoms with van der Waals surface area (Å²) in [6.07, 6.45) is 3.21. The second-order valence-corrected chi connectivity index (χ2v) is 6.20. The lowest BCUT2D eigenvalue weighted by Crippen LogP contribution is -2.30. The van der Waals surface area contributed by atoms with Crippen molar-refractivity contribution in [3.8, 4) is 22.8 Å². The summed E-state index contributed by atoms with van der Waals surface area (Å²) in [4.78, 5) is 23.0. The summed E-state index contributed by atoms with van der Waals surface area (Å²) in [5.41, 5.74) is 2.14. The second-order valence-electron chi connectivity index (χ2n) is 5.37. The molecule has 7 heteroatoms. The van der Waals surface area contributed by atoms with E-state index < -0.39 is 0 Å². The minimum atomic E-state index is -0.103. The first-order valence-electron chi connectivity index (χ1n) is 8.07. The van der Waals surface area contributed by atoms with E-state index in [1.54, 1.807) is 43.6 Å². The SMILES string of the molecule is CCN(C(=O)c1ccncc1)c1nc(-c2cc(OC)ccc2OC)cs1. The Morgan fingerprint density at radius 3 is 2.58 bits per heavy atom. The van der Waals surface area contributed by atoms with E-state index in [-0.39, 0.29) is 5.91 Å². The van der Waals surface area contributed by atoms with Crippen molar-refractivity contribution in [2.45, 2.75) is 6.92 Å². The Kier molecular flexibility index (Phi) is 5.48. The van der Waals surface area contributed by atoms with Crippen molar-refractivity contribution >= 4 is 22.4 Å². The molecule has 0 bridgehead atoms. The molecule has 3 rings (SSSR count). The van der Waals surface area contributed by atoms with Crippen LogP contribution in [-0.4, -0.2) is 36.6 Å². The monoisotopic (exact) mass is 369 g/mol. The van der Waals surface area contributed by atoms with Gasteiger partial charge in [-0.05, 0) is 37.3 Å². The number of methoxy groups -OCH3 is 2. The van der Waals surface area contributed by atoms with Gasteiger partial charge in [0.05, 0.1) is 19.9 Å². The molecular weight excluding hydrogens is 350 g/mol. The van der Waals surface area contributed by atoms with Crippen molar-refractivity contribution in [2.75, 3.05) is 25.7 Å². The first-order valence-corrected chi connectivity index (χ1v) is 8.95. The van der Waals surface area contributed by atoms with Crippen molar-refractivity contribution in [2.24, 2.45) is 0 Å². The second kappa shape index (κ2) is 7.97. The van der Waals surface area contributed by atoms with Gasteiger partial charge in [-0.1, -0.05) is 0 Å². The van der Waals surface area contributed by atoms with E-state index in [1.165, 1.54) is 11.3 Å². The molecule has 6 nitrogen and oxygen atoms in total. The lowest BCUT2D eigenvalue weighted by molar-refractivity contribution is 0.0988. The Bertz CT molecular complexity index is 896. The fraction of sp³-hybridized carbons (Fsp3) is 0.211. The van der Waals surface area contributed by atoms with Gasteiger partial charge in [0.25, 0.3) is 5.91 Å². The first kappa shape index (κ1) is 17.9. The zero-order valence-electron chi connectivity index (χ0n) is 14.8. The van der Waals surface area contributed by atoms with E-state index in [1.807, 2.05) is 30.5 Å². The molecule has 26 heavy (non-hydrogen) atoms. The van der Waals surface area contributed by atoms with Gasteiger partial charge in [-0.15, -0.1) is 11.3 Å². The Balaban J connectivity index is 1.95. The van der Waals surface area contributed by atoms with Crippen molar-refractivity contribution < 1.29 is 14.3 Å². The third-order valence-corrected chi connectivity index (χ3v) is 4.76. The van der Waals surface area contributed by atoms with Gasteiger partial charge in [0.15, 0.2) is 5.13 Å². The molecule has 3 aromatic rings. The Morgan fingerprint density at radius 2 is 1.92 bits per heavy atom. The van der Waals surface area contributed by atoms with Crippen LogP contribution in [0, 0.1) is 0 Å². The van der Waals surface area contributed by atoms with Gasteiger partial charge in [0.1, 0.15) is 11.5 Å². The molecule has 134 valence electrons. The summed E-state index contributed by atoms with van der Waals surface area (Å²) >= 11 is 1.41. The van der Waals surface area contributed by atoms with E-state index in [0.29, 0.717) is 23.0 Å². The maximum atomic E-state index is 12.8. The summed E-state index contributed by atoms with van der Waals surface area (Å²) in [5.74, 6) is 1.31. The average Bonchev–Trinajstić information content (AvgIpc) is 3.18. The Hall–Kier alpha value is -2.93. The minimum absolute atomic E-state index is 0.103. The molecule has 0 aliphatic heterocycles. The highest BCUT2D eigenvalue weighted by atomic mass is 32.1. The number of benzene rings is 1. The maximum absolute atomic E-state index is 12.8. The Morgan fingerprint density at radius 1 is 1.15 bits per heavy atom. The van der Waals surface area contributed by atoms with Crippen LogP contribution in [0.25, 0.3) is 11.3 Å². The normalized spacial score (nSPS) is 10.4. The van der Waals surface area contributed by atoms with E-state index >= 15 is 0 Å². The van der Waals surface area contributed by atoms with Crippen LogP contribution in [0.5, 0.6) is 11.5 Å². The summed E-state index contributed by atoms with van der Waals surface area (Å²) in [6, 6.07) is 8.95. The molecule has 2 heterocycles. The number of aromatic nitrogens is 2. The number of nitrogens with zero attached hydrogens (tertiary/aromatic N) is 3. The van der Waals surface area contributed by atoms with Gasteiger partial charge in [-0.3, -0.25) is 14.7 Å². The first-order chi connectivity index (χ1) is 12.7. The molecule has 1 aromatic carbocycles. The lowest BCUT2D eigenvalue weighted by atomic mass is 10.1. The molecule has 0 spiro atoms. The zero-order chi connectivity index (χ0) is 18.5. The minimum Gasteiger partial charge on any atom is -0.497 e. The molecule has 0 aliphatic carbocycles. The van der Waals surface area contributed by atoms with Crippen molar-refractivity contribution in [3.63, 3.8) is 0 Å². The smallest absolute Gasteiger partial charge is 0.260 e. The van der Waals surface area contributed by atoms with E-state index in [4.69, 9.17) is 9.47 Å². The molecule has 0 aliphatic rings. The molecule has 0 fully saturated rings. The van der Waals surface area contributed by atoms with Crippen LogP contribution in [0.15, 0.2) is 48.1 Å². The van der Waals surface area contributed by atoms with Crippen molar-refractivity contribution in [1.29, 1.82) is 0 Å². The van der Waals surface area contributed by atoms with Crippen molar-refractivity contribution in [3.05, 3.63) is 53.7 Å². The van der Waals surface area contributed by atoms with Gasteiger partial charge < -0.3 is 9.47 Å². The number of amides is 1. The van der Waals surface area contributed by atoms with Crippen LogP contribution >= 0.6 is 11.3 Å². The summed E-state index contributed by atoms with van der Waals surface area (Å²) in [7, 11) is 3.23. The molecule has 0 saturated carbocycles. The topological polar surface area (TPSA) is 64.6 Å². The fourth-order valence-corrected chi connectivity index (χ4v) is 3.43. The number of rotatable bonds is 6. The highest BCUT2D eigenvalue weighted by Crippen LogP contribution is 2.36. The van der Waals surface area contributed by atoms with E-state index in [2.05, 4.69) is 9.97 Å². The molecule has 0 saturated heterocycles. The summed E-state index contributed by atoms with van der Waals surface area (Å²) in [6.45, 7) is 2.44. The molecule has 1 amide bonds. The number of hydrogen-bond acceptors (Lipinski definition) is 6. The highest BCUT2D eigenvalue weighted by molar-refractivity contribution is 7.14. The highest BCUT2D eigenvalue weighted by Gasteiger charge is 2.20. The molecule has 0 radical (unpaired) electrons. The van der Waals surface area contributed by atoms with Crippen LogP contribution in [0.1, 0.15) is 17.3 Å². The average molecular weight is 369 g/mol. The van der Waals surface area contributed by atoms with Crippen LogP contribution in [-0.2, 0) is 0 Å². The zero-order valence-corrected chi connectivity index (χ0v) is 15.6. The van der Waals surface area contributed by atoms with Gasteiger partial charge in [-0.25, -0.2) is 4.98 Å². The number of carbonyl (C=O) groups excluding carboxylic acids is 1. The number of anilines is 1. The molecule has 0 atom stereocenters. The largest absolute Gasteiger partial charge is 0.497 e.